The van der Waals surface area contributed by atoms with Crippen LogP contribution < -0.4 is 4.90 Å². The molecule has 0 radical (unpaired) electrons. The summed E-state index contributed by atoms with van der Waals surface area (Å²) in [4.78, 5) is 14.6. The molecule has 2 nitrogen and oxygen atoms in total. The van der Waals surface area contributed by atoms with Gasteiger partial charge in [-0.15, -0.1) is 0 Å². The molecule has 0 saturated carbocycles. The number of para-hydroxylation sites is 1. The Morgan fingerprint density at radius 2 is 1.74 bits per heavy atom. The van der Waals surface area contributed by atoms with Crippen molar-refractivity contribution in [1.29, 1.82) is 0 Å². The molecule has 1 aliphatic heterocycles. The van der Waals surface area contributed by atoms with Crippen molar-refractivity contribution in [3.8, 4) is 0 Å². The zero-order valence-corrected chi connectivity index (χ0v) is 14.4. The van der Waals surface area contributed by atoms with E-state index in [0.29, 0.717) is 19.9 Å². The molecule has 1 saturated heterocycles. The van der Waals surface area contributed by atoms with E-state index in [-0.39, 0.29) is 5.91 Å². The van der Waals surface area contributed by atoms with Gasteiger partial charge in [-0.3, -0.25) is 9.69 Å². The molecule has 1 fully saturated rings. The van der Waals surface area contributed by atoms with Crippen LogP contribution in [0, 0.1) is 0 Å². The summed E-state index contributed by atoms with van der Waals surface area (Å²) in [5.41, 5.74) is 1.69. The molecule has 1 aliphatic rings. The molecule has 1 heterocycles. The van der Waals surface area contributed by atoms with Crippen LogP contribution in [0.3, 0.4) is 0 Å². The number of benzene rings is 2. The molecule has 114 valence electrons. The highest BCUT2D eigenvalue weighted by Crippen LogP contribution is 2.37. The topological polar surface area (TPSA) is 20.3 Å². The van der Waals surface area contributed by atoms with E-state index in [1.165, 1.54) is 16.7 Å². The van der Waals surface area contributed by atoms with Crippen LogP contribution in [0.4, 0.5) is 5.69 Å². The molecule has 23 heavy (non-hydrogen) atoms. The standard InChI is InChI=1S/C18H12ClNOS2/c19-14-10-4-5-11-15(14)20-17(21)16(23-18(20)22)12-6-9-13-7-2-1-3-8-13/h1-12H/b9-6+,16-12+. The van der Waals surface area contributed by atoms with Crippen LogP contribution in [0.5, 0.6) is 0 Å². The van der Waals surface area contributed by atoms with E-state index in [4.69, 9.17) is 23.8 Å². The maximum Gasteiger partial charge on any atom is 0.270 e. The molecule has 3 rings (SSSR count). The number of nitrogens with zero attached hydrogens (tertiary/aromatic N) is 1. The van der Waals surface area contributed by atoms with Gasteiger partial charge in [0, 0.05) is 0 Å². The van der Waals surface area contributed by atoms with Crippen LogP contribution in [0.1, 0.15) is 5.56 Å². The van der Waals surface area contributed by atoms with E-state index < -0.39 is 0 Å². The van der Waals surface area contributed by atoms with Gasteiger partial charge in [0.2, 0.25) is 0 Å². The van der Waals surface area contributed by atoms with Gasteiger partial charge in [-0.05, 0) is 23.8 Å². The molecular formula is C18H12ClNOS2. The number of anilines is 1. The molecule has 2 aromatic carbocycles. The summed E-state index contributed by atoms with van der Waals surface area (Å²) in [6.45, 7) is 0. The van der Waals surface area contributed by atoms with Crippen molar-refractivity contribution in [1.82, 2.24) is 0 Å². The van der Waals surface area contributed by atoms with Crippen LogP contribution in [-0.2, 0) is 4.79 Å². The minimum absolute atomic E-state index is 0.147. The fraction of sp³-hybridized carbons (Fsp3) is 0. The zero-order chi connectivity index (χ0) is 16.2. The molecule has 0 spiro atoms. The first-order valence-electron chi connectivity index (χ1n) is 6.91. The maximum atomic E-state index is 12.6. The van der Waals surface area contributed by atoms with E-state index in [1.807, 2.05) is 54.6 Å². The van der Waals surface area contributed by atoms with E-state index in [1.54, 1.807) is 18.2 Å². The van der Waals surface area contributed by atoms with Gasteiger partial charge in [-0.1, -0.05) is 90.2 Å². The molecule has 0 unspecified atom stereocenters. The lowest BCUT2D eigenvalue weighted by Crippen LogP contribution is -2.27. The second kappa shape index (κ2) is 7.13. The van der Waals surface area contributed by atoms with E-state index in [0.717, 1.165) is 5.56 Å². The van der Waals surface area contributed by atoms with Crippen LogP contribution in [-0.4, -0.2) is 10.2 Å². The fourth-order valence-electron chi connectivity index (χ4n) is 2.13. The van der Waals surface area contributed by atoms with Crippen molar-refractivity contribution in [2.75, 3.05) is 4.90 Å². The second-order valence-corrected chi connectivity index (χ2v) is 6.84. The summed E-state index contributed by atoms with van der Waals surface area (Å²) < 4.78 is 0.488. The number of rotatable bonds is 3. The Hall–Kier alpha value is -1.88. The second-order valence-electron chi connectivity index (χ2n) is 4.76. The van der Waals surface area contributed by atoms with Crippen molar-refractivity contribution >= 4 is 57.6 Å². The average molecular weight is 358 g/mol. The molecular weight excluding hydrogens is 346 g/mol. The molecule has 1 amide bonds. The minimum atomic E-state index is -0.147. The zero-order valence-electron chi connectivity index (χ0n) is 12.0. The third-order valence-electron chi connectivity index (χ3n) is 3.22. The van der Waals surface area contributed by atoms with Crippen LogP contribution in [0.25, 0.3) is 6.08 Å². The van der Waals surface area contributed by atoms with Crippen molar-refractivity contribution < 1.29 is 4.79 Å². The number of allylic oxidation sites excluding steroid dienone is 2. The van der Waals surface area contributed by atoms with Gasteiger partial charge < -0.3 is 0 Å². The Morgan fingerprint density at radius 3 is 2.48 bits per heavy atom. The molecule has 0 aromatic heterocycles. The first-order chi connectivity index (χ1) is 11.2. The highest BCUT2D eigenvalue weighted by molar-refractivity contribution is 8.27. The summed E-state index contributed by atoms with van der Waals surface area (Å²) in [6, 6.07) is 17.1. The minimum Gasteiger partial charge on any atom is -0.268 e. The normalized spacial score (nSPS) is 16.7. The van der Waals surface area contributed by atoms with E-state index >= 15 is 0 Å². The smallest absolute Gasteiger partial charge is 0.268 e. The number of carbonyl (C=O) groups is 1. The van der Waals surface area contributed by atoms with Crippen molar-refractivity contribution in [3.63, 3.8) is 0 Å². The van der Waals surface area contributed by atoms with Gasteiger partial charge in [-0.25, -0.2) is 0 Å². The van der Waals surface area contributed by atoms with Crippen molar-refractivity contribution in [2.45, 2.75) is 0 Å². The van der Waals surface area contributed by atoms with Crippen molar-refractivity contribution in [2.24, 2.45) is 0 Å². The SMILES string of the molecule is O=C1/C(=C\C=C\c2ccccc2)SC(=S)N1c1ccccc1Cl. The fourth-order valence-corrected chi connectivity index (χ4v) is 3.59. The molecule has 2 aromatic rings. The Labute approximate surface area is 149 Å². The predicted molar refractivity (Wildman–Crippen MR) is 103 cm³/mol. The molecule has 5 heteroatoms. The summed E-state index contributed by atoms with van der Waals surface area (Å²) >= 11 is 12.8. The van der Waals surface area contributed by atoms with Crippen LogP contribution in [0.2, 0.25) is 5.02 Å². The highest BCUT2D eigenvalue weighted by atomic mass is 35.5. The first kappa shape index (κ1) is 16.0. The maximum absolute atomic E-state index is 12.6. The van der Waals surface area contributed by atoms with Gasteiger partial charge in [-0.2, -0.15) is 0 Å². The van der Waals surface area contributed by atoms with E-state index in [2.05, 4.69) is 0 Å². The summed E-state index contributed by atoms with van der Waals surface area (Å²) in [6.07, 6.45) is 5.58. The van der Waals surface area contributed by atoms with Gasteiger partial charge in [0.15, 0.2) is 4.32 Å². The quantitative estimate of drug-likeness (QED) is 0.549. The van der Waals surface area contributed by atoms with Crippen LogP contribution in [0.15, 0.2) is 71.7 Å². The van der Waals surface area contributed by atoms with E-state index in [9.17, 15) is 4.79 Å². The lowest BCUT2D eigenvalue weighted by atomic mass is 10.2. The van der Waals surface area contributed by atoms with Crippen LogP contribution >= 0.6 is 35.6 Å². The first-order valence-corrected chi connectivity index (χ1v) is 8.51. The molecule has 0 bridgehead atoms. The Bertz CT molecular complexity index is 815. The monoisotopic (exact) mass is 357 g/mol. The lowest BCUT2D eigenvalue weighted by molar-refractivity contribution is -0.113. The molecule has 0 aliphatic carbocycles. The Kier molecular flexibility index (Phi) is 4.96. The summed E-state index contributed by atoms with van der Waals surface area (Å²) in [7, 11) is 0. The van der Waals surface area contributed by atoms with Gasteiger partial charge >= 0.3 is 0 Å². The van der Waals surface area contributed by atoms with Gasteiger partial charge in [0.25, 0.3) is 5.91 Å². The molecule has 0 atom stereocenters. The Balaban J connectivity index is 1.83. The average Bonchev–Trinajstić information content (AvgIpc) is 2.83. The number of thioether (sulfide) groups is 1. The highest BCUT2D eigenvalue weighted by Gasteiger charge is 2.33. The number of carbonyl (C=O) groups excluding carboxylic acids is 1. The number of hydrogen-bond donors (Lipinski definition) is 0. The largest absolute Gasteiger partial charge is 0.270 e. The summed E-state index contributed by atoms with van der Waals surface area (Å²) in [5.74, 6) is -0.147. The number of thiocarbonyl (C=S) groups is 1. The predicted octanol–water partition coefficient (Wildman–Crippen LogP) is 5.30. The molecule has 0 N–H and O–H groups in total. The third-order valence-corrected chi connectivity index (χ3v) is 4.86. The lowest BCUT2D eigenvalue weighted by Gasteiger charge is -2.15. The van der Waals surface area contributed by atoms with Crippen molar-refractivity contribution in [3.05, 3.63) is 82.2 Å². The third kappa shape index (κ3) is 3.55. The Morgan fingerprint density at radius 1 is 1.04 bits per heavy atom. The number of amides is 1. The summed E-state index contributed by atoms with van der Waals surface area (Å²) in [5, 5.41) is 0.505. The number of halogens is 1. The van der Waals surface area contributed by atoms with Gasteiger partial charge in [0.05, 0.1) is 15.6 Å². The van der Waals surface area contributed by atoms with Gasteiger partial charge in [0.1, 0.15) is 0 Å². The number of hydrogen-bond acceptors (Lipinski definition) is 3.